The molecule has 1 aliphatic rings. The third-order valence-corrected chi connectivity index (χ3v) is 6.14. The molecule has 0 fully saturated rings. The summed E-state index contributed by atoms with van der Waals surface area (Å²) in [5, 5.41) is 5.17. The van der Waals surface area contributed by atoms with Crippen LogP contribution >= 0.6 is 19.2 Å². The van der Waals surface area contributed by atoms with E-state index in [1.807, 2.05) is 0 Å². The SMILES string of the molecule is O=c1c2ccc(Cl)cc2nc(-c2ccc(CP(=O)(O)O)cc2)n1/N=C/c1ccc2c(c1)OCO2. The average Bonchev–Trinajstić information content (AvgIpc) is 3.25. The van der Waals surface area contributed by atoms with Crippen molar-refractivity contribution in [2.24, 2.45) is 5.10 Å². The first kappa shape index (κ1) is 22.3. The zero-order chi connectivity index (χ0) is 23.9. The number of fused-ring (bicyclic) bond motifs is 2. The minimum absolute atomic E-state index is 0.148. The fourth-order valence-corrected chi connectivity index (χ4v) is 4.41. The molecule has 0 amide bonds. The maximum absolute atomic E-state index is 13.3. The van der Waals surface area contributed by atoms with Crippen LogP contribution in [0.15, 0.2) is 70.6 Å². The van der Waals surface area contributed by atoms with E-state index in [9.17, 15) is 19.1 Å². The first-order valence-electron chi connectivity index (χ1n) is 10.1. The van der Waals surface area contributed by atoms with Gasteiger partial charge in [-0.15, -0.1) is 0 Å². The van der Waals surface area contributed by atoms with E-state index in [-0.39, 0.29) is 18.8 Å². The zero-order valence-corrected chi connectivity index (χ0v) is 19.1. The molecule has 0 atom stereocenters. The molecule has 0 aliphatic carbocycles. The maximum atomic E-state index is 13.3. The normalized spacial score (nSPS) is 13.1. The van der Waals surface area contributed by atoms with Crippen molar-refractivity contribution >= 4 is 36.3 Å². The fraction of sp³-hybridized carbons (Fsp3) is 0.0870. The number of halogens is 1. The number of hydrogen-bond donors (Lipinski definition) is 2. The van der Waals surface area contributed by atoms with Gasteiger partial charge in [0.25, 0.3) is 5.56 Å². The van der Waals surface area contributed by atoms with Crippen LogP contribution < -0.4 is 15.0 Å². The molecular weight excluding hydrogens is 481 g/mol. The molecule has 1 aromatic heterocycles. The van der Waals surface area contributed by atoms with Crippen LogP contribution in [0.3, 0.4) is 0 Å². The van der Waals surface area contributed by atoms with Crippen LogP contribution in [0.1, 0.15) is 11.1 Å². The largest absolute Gasteiger partial charge is 0.454 e. The van der Waals surface area contributed by atoms with E-state index in [4.69, 9.17) is 21.1 Å². The number of hydrogen-bond acceptors (Lipinski definition) is 6. The summed E-state index contributed by atoms with van der Waals surface area (Å²) in [7, 11) is -4.21. The molecule has 4 aromatic rings. The van der Waals surface area contributed by atoms with Gasteiger partial charge >= 0.3 is 7.60 Å². The quantitative estimate of drug-likeness (QED) is 0.315. The molecule has 5 rings (SSSR count). The average molecular weight is 498 g/mol. The topological polar surface area (TPSA) is 123 Å². The Hall–Kier alpha value is -3.49. The molecule has 0 saturated carbocycles. The second-order valence-corrected chi connectivity index (χ2v) is 9.67. The van der Waals surface area contributed by atoms with E-state index in [1.54, 1.807) is 60.7 Å². The Kier molecular flexibility index (Phi) is 5.71. The van der Waals surface area contributed by atoms with Crippen molar-refractivity contribution in [2.45, 2.75) is 6.16 Å². The van der Waals surface area contributed by atoms with Crippen LogP contribution in [0.4, 0.5) is 0 Å². The Morgan fingerprint density at radius 2 is 1.82 bits per heavy atom. The van der Waals surface area contributed by atoms with Gasteiger partial charge in [-0.05, 0) is 47.5 Å². The van der Waals surface area contributed by atoms with E-state index in [0.717, 1.165) is 0 Å². The van der Waals surface area contributed by atoms with Crippen LogP contribution in [-0.2, 0) is 10.7 Å². The molecule has 0 spiro atoms. The van der Waals surface area contributed by atoms with Crippen LogP contribution in [-0.4, -0.2) is 32.5 Å². The van der Waals surface area contributed by atoms with Crippen molar-refractivity contribution in [2.75, 3.05) is 6.79 Å². The molecule has 0 bridgehead atoms. The summed E-state index contributed by atoms with van der Waals surface area (Å²) in [6, 6.07) is 16.5. The molecule has 0 saturated heterocycles. The molecule has 2 N–H and O–H groups in total. The molecule has 1 aliphatic heterocycles. The van der Waals surface area contributed by atoms with Crippen molar-refractivity contribution in [1.82, 2.24) is 9.66 Å². The molecule has 172 valence electrons. The van der Waals surface area contributed by atoms with E-state index in [0.29, 0.717) is 44.1 Å². The predicted octanol–water partition coefficient (Wildman–Crippen LogP) is 4.01. The molecule has 0 radical (unpaired) electrons. The van der Waals surface area contributed by atoms with Gasteiger partial charge in [-0.25, -0.2) is 4.98 Å². The van der Waals surface area contributed by atoms with E-state index in [1.165, 1.54) is 10.9 Å². The van der Waals surface area contributed by atoms with Gasteiger partial charge in [0.05, 0.1) is 23.3 Å². The van der Waals surface area contributed by atoms with Gasteiger partial charge in [-0.1, -0.05) is 35.9 Å². The van der Waals surface area contributed by atoms with Crippen molar-refractivity contribution in [1.29, 1.82) is 0 Å². The standard InChI is InChI=1S/C23H17ClN3O6P/c24-17-6-7-18-19(10-17)26-22(16-4-1-14(2-5-16)12-34(29,30)31)27(23(18)28)25-11-15-3-8-20-21(9-15)33-13-32-20/h1-11H,12-13H2,(H2,29,30,31)/b25-11+. The number of nitrogens with zero attached hydrogens (tertiary/aromatic N) is 3. The van der Waals surface area contributed by atoms with Crippen LogP contribution in [0, 0.1) is 0 Å². The molecule has 3 aromatic carbocycles. The van der Waals surface area contributed by atoms with Crippen molar-refractivity contribution < 1.29 is 23.8 Å². The lowest BCUT2D eigenvalue weighted by atomic mass is 10.1. The third kappa shape index (κ3) is 4.60. The molecule has 0 unspecified atom stereocenters. The highest BCUT2D eigenvalue weighted by Gasteiger charge is 2.17. The Bertz CT molecular complexity index is 1550. The smallest absolute Gasteiger partial charge is 0.329 e. The number of rotatable bonds is 5. The maximum Gasteiger partial charge on any atom is 0.329 e. The lowest BCUT2D eigenvalue weighted by Crippen LogP contribution is -2.20. The van der Waals surface area contributed by atoms with Crippen LogP contribution in [0.2, 0.25) is 5.02 Å². The molecular formula is C23H17ClN3O6P. The lowest BCUT2D eigenvalue weighted by molar-refractivity contribution is 0.174. The summed E-state index contributed by atoms with van der Waals surface area (Å²) >= 11 is 6.10. The molecule has 34 heavy (non-hydrogen) atoms. The number of benzene rings is 3. The van der Waals surface area contributed by atoms with Crippen LogP contribution in [0.5, 0.6) is 11.5 Å². The summed E-state index contributed by atoms with van der Waals surface area (Å²) in [4.78, 5) is 36.4. The Balaban J connectivity index is 1.62. The van der Waals surface area contributed by atoms with Gasteiger partial charge in [-0.2, -0.15) is 9.78 Å². The van der Waals surface area contributed by atoms with Gasteiger partial charge < -0.3 is 19.3 Å². The summed E-state index contributed by atoms with van der Waals surface area (Å²) in [6.07, 6.45) is 1.13. The highest BCUT2D eigenvalue weighted by molar-refractivity contribution is 7.50. The summed E-state index contributed by atoms with van der Waals surface area (Å²) in [6.45, 7) is 0.148. The first-order chi connectivity index (χ1) is 16.3. The van der Waals surface area contributed by atoms with Crippen molar-refractivity contribution in [3.05, 3.63) is 87.2 Å². The highest BCUT2D eigenvalue weighted by Crippen LogP contribution is 2.39. The Labute approximate surface area is 198 Å². The Morgan fingerprint density at radius 1 is 1.06 bits per heavy atom. The third-order valence-electron chi connectivity index (χ3n) is 5.13. The van der Waals surface area contributed by atoms with Crippen molar-refractivity contribution in [3.63, 3.8) is 0 Å². The van der Waals surface area contributed by atoms with E-state index in [2.05, 4.69) is 10.1 Å². The highest BCUT2D eigenvalue weighted by atomic mass is 35.5. The number of ether oxygens (including phenoxy) is 2. The Morgan fingerprint density at radius 3 is 2.59 bits per heavy atom. The van der Waals surface area contributed by atoms with Crippen LogP contribution in [0.25, 0.3) is 22.3 Å². The fourth-order valence-electron chi connectivity index (χ4n) is 3.56. The van der Waals surface area contributed by atoms with E-state index >= 15 is 0 Å². The van der Waals surface area contributed by atoms with Crippen molar-refractivity contribution in [3.8, 4) is 22.9 Å². The second kappa shape index (κ2) is 8.70. The molecule has 2 heterocycles. The molecule has 11 heteroatoms. The zero-order valence-electron chi connectivity index (χ0n) is 17.5. The van der Waals surface area contributed by atoms with Gasteiger partial charge in [0, 0.05) is 10.6 Å². The summed E-state index contributed by atoms with van der Waals surface area (Å²) < 4.78 is 23.2. The van der Waals surface area contributed by atoms with E-state index < -0.39 is 13.2 Å². The minimum atomic E-state index is -4.21. The minimum Gasteiger partial charge on any atom is -0.454 e. The van der Waals surface area contributed by atoms with Gasteiger partial charge in [0.1, 0.15) is 0 Å². The lowest BCUT2D eigenvalue weighted by Gasteiger charge is -2.11. The second-order valence-electron chi connectivity index (χ2n) is 7.59. The van der Waals surface area contributed by atoms with Gasteiger partial charge in [0.15, 0.2) is 17.3 Å². The summed E-state index contributed by atoms with van der Waals surface area (Å²) in [5.41, 5.74) is 1.69. The summed E-state index contributed by atoms with van der Waals surface area (Å²) in [5.74, 6) is 1.47. The molecule has 9 nitrogen and oxygen atoms in total. The first-order valence-corrected chi connectivity index (χ1v) is 12.2. The van der Waals surface area contributed by atoms with Gasteiger partial charge in [0.2, 0.25) is 6.79 Å². The monoisotopic (exact) mass is 497 g/mol. The van der Waals surface area contributed by atoms with Gasteiger partial charge in [-0.3, -0.25) is 9.36 Å². The predicted molar refractivity (Wildman–Crippen MR) is 128 cm³/mol. The number of aromatic nitrogens is 2.